The third kappa shape index (κ3) is 3.73. The standard InChI is InChI=1S/C16H12N2O4S2/c1-4-12(19)21-10-6-7-11(22-13(20)5-2)15-14(10)23-16(24-15)9(8-17)18-3/h6-7H,4-5H2,1-2H3. The molecule has 8 heteroatoms. The summed E-state index contributed by atoms with van der Waals surface area (Å²) >= 11 is 2.32. The molecule has 0 unspecified atom stereocenters. The number of carbonyl (C=O) groups is 2. The fourth-order valence-electron chi connectivity index (χ4n) is 1.69. The van der Waals surface area contributed by atoms with Crippen molar-refractivity contribution >= 4 is 35.5 Å². The van der Waals surface area contributed by atoms with E-state index in [0.717, 1.165) is 23.5 Å². The van der Waals surface area contributed by atoms with E-state index in [9.17, 15) is 9.59 Å². The molecule has 1 aliphatic heterocycles. The van der Waals surface area contributed by atoms with Crippen LogP contribution in [0.5, 0.6) is 11.5 Å². The second kappa shape index (κ2) is 7.91. The Bertz CT molecular complexity index is 754. The minimum atomic E-state index is -0.399. The third-order valence-corrected chi connectivity index (χ3v) is 5.47. The van der Waals surface area contributed by atoms with Crippen molar-refractivity contribution in [3.05, 3.63) is 33.5 Å². The Kier molecular flexibility index (Phi) is 5.91. The van der Waals surface area contributed by atoms with Gasteiger partial charge in [-0.25, -0.2) is 10.1 Å². The average Bonchev–Trinajstić information content (AvgIpc) is 3.03. The quantitative estimate of drug-likeness (QED) is 0.346. The maximum atomic E-state index is 11.6. The fraction of sp³-hybridized carbons (Fsp3) is 0.250. The van der Waals surface area contributed by atoms with E-state index in [0.29, 0.717) is 25.5 Å². The van der Waals surface area contributed by atoms with Crippen LogP contribution in [0.1, 0.15) is 26.7 Å². The minimum Gasteiger partial charge on any atom is -0.425 e. The summed E-state index contributed by atoms with van der Waals surface area (Å²) < 4.78 is 11.1. The van der Waals surface area contributed by atoms with E-state index in [1.807, 2.05) is 6.07 Å². The molecular weight excluding hydrogens is 348 g/mol. The van der Waals surface area contributed by atoms with E-state index in [2.05, 4.69) is 4.85 Å². The van der Waals surface area contributed by atoms with E-state index < -0.39 is 11.9 Å². The van der Waals surface area contributed by atoms with E-state index in [1.165, 1.54) is 0 Å². The summed E-state index contributed by atoms with van der Waals surface area (Å²) in [5, 5.41) is 9.05. The number of benzene rings is 1. The first-order valence-electron chi connectivity index (χ1n) is 6.99. The SMILES string of the molecule is [C-]#[N+]C(C#N)=C1Sc2c(OC(=O)CC)ccc(OC(=O)CC)c2S1. The molecular formula is C16H12N2O4S2. The highest BCUT2D eigenvalue weighted by molar-refractivity contribution is 8.24. The van der Waals surface area contributed by atoms with Crippen molar-refractivity contribution < 1.29 is 19.1 Å². The number of carbonyl (C=O) groups excluding carboxylic acids is 2. The first kappa shape index (κ1) is 17.9. The zero-order valence-corrected chi connectivity index (χ0v) is 14.5. The second-order valence-corrected chi connectivity index (χ2v) is 6.74. The van der Waals surface area contributed by atoms with Gasteiger partial charge in [-0.1, -0.05) is 37.4 Å². The van der Waals surface area contributed by atoms with Crippen molar-refractivity contribution in [3.63, 3.8) is 0 Å². The molecule has 0 fully saturated rings. The number of hydrogen-bond acceptors (Lipinski definition) is 7. The van der Waals surface area contributed by atoms with Crippen molar-refractivity contribution in [2.45, 2.75) is 36.5 Å². The molecule has 0 aromatic heterocycles. The number of hydrogen-bond donors (Lipinski definition) is 0. The van der Waals surface area contributed by atoms with Crippen LogP contribution in [-0.2, 0) is 9.59 Å². The van der Waals surface area contributed by atoms with Crippen LogP contribution in [0.3, 0.4) is 0 Å². The molecule has 0 saturated heterocycles. The van der Waals surface area contributed by atoms with Crippen LogP contribution in [0.4, 0.5) is 0 Å². The third-order valence-electron chi connectivity index (χ3n) is 2.87. The van der Waals surface area contributed by atoms with Crippen molar-refractivity contribution in [2.24, 2.45) is 0 Å². The molecule has 1 aromatic carbocycles. The molecule has 2 rings (SSSR count). The Morgan fingerprint density at radius 3 is 1.92 bits per heavy atom. The first-order chi connectivity index (χ1) is 11.5. The summed E-state index contributed by atoms with van der Waals surface area (Å²) in [6.45, 7) is 10.4. The normalized spacial score (nSPS) is 11.9. The number of fused-ring (bicyclic) bond motifs is 1. The molecule has 0 amide bonds. The number of esters is 2. The van der Waals surface area contributed by atoms with Gasteiger partial charge in [-0.2, -0.15) is 0 Å². The largest absolute Gasteiger partial charge is 0.425 e. The Morgan fingerprint density at radius 2 is 1.58 bits per heavy atom. The smallest absolute Gasteiger partial charge is 0.310 e. The molecule has 0 atom stereocenters. The molecule has 0 N–H and O–H groups in total. The molecule has 1 aromatic rings. The lowest BCUT2D eigenvalue weighted by Crippen LogP contribution is -2.08. The average molecular weight is 360 g/mol. The van der Waals surface area contributed by atoms with Crippen LogP contribution in [0.2, 0.25) is 0 Å². The Morgan fingerprint density at radius 1 is 1.12 bits per heavy atom. The minimum absolute atomic E-state index is 0.0539. The Labute approximate surface area is 147 Å². The predicted octanol–water partition coefficient (Wildman–Crippen LogP) is 4.13. The fourth-order valence-corrected chi connectivity index (χ4v) is 4.16. The number of rotatable bonds is 4. The highest BCUT2D eigenvalue weighted by atomic mass is 32.2. The highest BCUT2D eigenvalue weighted by Gasteiger charge is 2.29. The van der Waals surface area contributed by atoms with Crippen LogP contribution in [0, 0.1) is 17.9 Å². The summed E-state index contributed by atoms with van der Waals surface area (Å²) in [6.07, 6.45) is 0.431. The van der Waals surface area contributed by atoms with E-state index in [1.54, 1.807) is 26.0 Å². The number of ether oxygens (including phenoxy) is 2. The van der Waals surface area contributed by atoms with Crippen LogP contribution >= 0.6 is 23.5 Å². The van der Waals surface area contributed by atoms with Gasteiger partial charge in [-0.3, -0.25) is 9.59 Å². The predicted molar refractivity (Wildman–Crippen MR) is 89.2 cm³/mol. The van der Waals surface area contributed by atoms with Crippen molar-refractivity contribution in [1.29, 1.82) is 5.26 Å². The van der Waals surface area contributed by atoms with Gasteiger partial charge in [0.05, 0.1) is 26.7 Å². The molecule has 1 heterocycles. The van der Waals surface area contributed by atoms with Crippen LogP contribution in [0.25, 0.3) is 4.85 Å². The molecule has 0 aliphatic carbocycles. The van der Waals surface area contributed by atoms with Crippen LogP contribution in [0.15, 0.2) is 31.9 Å². The lowest BCUT2D eigenvalue weighted by molar-refractivity contribution is -0.135. The van der Waals surface area contributed by atoms with Gasteiger partial charge in [0, 0.05) is 12.8 Å². The molecule has 0 saturated carbocycles. The van der Waals surface area contributed by atoms with Gasteiger partial charge in [0.1, 0.15) is 11.5 Å². The van der Waals surface area contributed by atoms with Gasteiger partial charge in [0.25, 0.3) is 5.70 Å². The summed E-state index contributed by atoms with van der Waals surface area (Å²) in [6, 6.07) is 4.93. The first-order valence-corrected chi connectivity index (χ1v) is 8.63. The zero-order valence-electron chi connectivity index (χ0n) is 12.9. The summed E-state index contributed by atoms with van der Waals surface area (Å²) in [7, 11) is 0. The number of nitriles is 1. The molecule has 0 radical (unpaired) electrons. The van der Waals surface area contributed by atoms with Gasteiger partial charge < -0.3 is 9.47 Å². The lowest BCUT2D eigenvalue weighted by Gasteiger charge is -2.11. The topological polar surface area (TPSA) is 80.8 Å². The Hall–Kier alpha value is -2.42. The van der Waals surface area contributed by atoms with Crippen molar-refractivity contribution in [3.8, 4) is 17.6 Å². The Balaban J connectivity index is 2.50. The number of allylic oxidation sites excluding steroid dienone is 1. The van der Waals surface area contributed by atoms with Gasteiger partial charge in [-0.05, 0) is 12.1 Å². The van der Waals surface area contributed by atoms with Crippen molar-refractivity contribution in [1.82, 2.24) is 0 Å². The number of thioether (sulfide) groups is 2. The molecule has 6 nitrogen and oxygen atoms in total. The molecule has 0 spiro atoms. The van der Waals surface area contributed by atoms with Crippen LogP contribution in [-0.4, -0.2) is 11.9 Å². The maximum absolute atomic E-state index is 11.6. The summed E-state index contributed by atoms with van der Waals surface area (Å²) in [5.74, 6) is -0.153. The molecule has 1 aliphatic rings. The monoisotopic (exact) mass is 360 g/mol. The van der Waals surface area contributed by atoms with E-state index >= 15 is 0 Å². The zero-order chi connectivity index (χ0) is 17.7. The molecule has 122 valence electrons. The lowest BCUT2D eigenvalue weighted by atomic mass is 10.3. The second-order valence-electron chi connectivity index (χ2n) is 4.44. The highest BCUT2D eigenvalue weighted by Crippen LogP contribution is 2.59. The van der Waals surface area contributed by atoms with Gasteiger partial charge in [0.15, 0.2) is 0 Å². The number of nitrogens with zero attached hydrogens (tertiary/aromatic N) is 2. The van der Waals surface area contributed by atoms with Gasteiger partial charge in [0.2, 0.25) is 0 Å². The summed E-state index contributed by atoms with van der Waals surface area (Å²) in [5.41, 5.74) is -0.0539. The van der Waals surface area contributed by atoms with Gasteiger partial charge >= 0.3 is 11.9 Å². The van der Waals surface area contributed by atoms with Crippen molar-refractivity contribution in [2.75, 3.05) is 0 Å². The molecule has 0 bridgehead atoms. The van der Waals surface area contributed by atoms with E-state index in [-0.39, 0.29) is 18.5 Å². The van der Waals surface area contributed by atoms with Crippen LogP contribution < -0.4 is 9.47 Å². The van der Waals surface area contributed by atoms with Gasteiger partial charge in [-0.15, -0.1) is 0 Å². The molecule has 24 heavy (non-hydrogen) atoms. The summed E-state index contributed by atoms with van der Waals surface area (Å²) in [4.78, 5) is 27.5. The maximum Gasteiger partial charge on any atom is 0.310 e. The van der Waals surface area contributed by atoms with E-state index in [4.69, 9.17) is 21.3 Å².